The van der Waals surface area contributed by atoms with Crippen LogP contribution in [0.3, 0.4) is 0 Å². The van der Waals surface area contributed by atoms with Gasteiger partial charge in [-0.25, -0.2) is 8.72 Å². The molecule has 0 radical (unpaired) electrons. The van der Waals surface area contributed by atoms with E-state index in [4.69, 9.17) is 32.7 Å². The zero-order chi connectivity index (χ0) is 17.5. The van der Waals surface area contributed by atoms with Crippen molar-refractivity contribution in [3.8, 4) is 5.75 Å². The van der Waals surface area contributed by atoms with Gasteiger partial charge in [0, 0.05) is 29.2 Å². The minimum absolute atomic E-state index is 0.135. The molecular weight excluding hydrogens is 417 g/mol. The van der Waals surface area contributed by atoms with Gasteiger partial charge in [-0.1, -0.05) is 53.5 Å². The molecule has 7 heteroatoms. The van der Waals surface area contributed by atoms with Gasteiger partial charge in [-0.15, -0.1) is 0 Å². The van der Waals surface area contributed by atoms with Crippen LogP contribution in [0.1, 0.15) is 15.9 Å². The summed E-state index contributed by atoms with van der Waals surface area (Å²) in [5, 5.41) is 0.543. The fourth-order valence-corrected chi connectivity index (χ4v) is 2.99. The van der Waals surface area contributed by atoms with Crippen LogP contribution in [0.25, 0.3) is 0 Å². The number of carbonyl (C=O) groups is 1. The first-order valence-electron chi connectivity index (χ1n) is 7.16. The second kappa shape index (κ2) is 9.28. The van der Waals surface area contributed by atoms with Crippen molar-refractivity contribution in [3.63, 3.8) is 0 Å². The molecule has 0 heterocycles. The fraction of sp³-hybridized carbons (Fsp3) is 0.235. The zero-order valence-electron chi connectivity index (χ0n) is 13.0. The van der Waals surface area contributed by atoms with Crippen LogP contribution in [0.2, 0.25) is 10.0 Å². The van der Waals surface area contributed by atoms with Crippen LogP contribution >= 0.6 is 39.3 Å². The smallest absolute Gasteiger partial charge is 0.343 e. The molecule has 0 aromatic heterocycles. The molecule has 0 saturated heterocycles. The Morgan fingerprint density at radius 1 is 1.12 bits per heavy atom. The van der Waals surface area contributed by atoms with Crippen molar-refractivity contribution in [2.24, 2.45) is 0 Å². The van der Waals surface area contributed by atoms with E-state index in [-0.39, 0.29) is 22.9 Å². The van der Waals surface area contributed by atoms with Gasteiger partial charge in [0.2, 0.25) is 0 Å². The molecule has 0 aliphatic rings. The minimum Gasteiger partial charge on any atom is -0.494 e. The van der Waals surface area contributed by atoms with Crippen molar-refractivity contribution in [1.29, 1.82) is 0 Å². The van der Waals surface area contributed by atoms with Crippen LogP contribution in [0.5, 0.6) is 5.75 Å². The van der Waals surface area contributed by atoms with Crippen molar-refractivity contribution in [2.45, 2.75) is 6.54 Å². The number of hydrogen-bond acceptors (Lipinski definition) is 4. The maximum atomic E-state index is 12.3. The Hall–Kier alpha value is -1.27. The van der Waals surface area contributed by atoms with Gasteiger partial charge in [0.15, 0.2) is 5.75 Å². The van der Waals surface area contributed by atoms with Gasteiger partial charge in [0.25, 0.3) is 0 Å². The molecule has 128 valence electrons. The molecule has 4 nitrogen and oxygen atoms in total. The number of nitrogens with zero attached hydrogens (tertiary/aromatic N) is 1. The monoisotopic (exact) mass is 431 g/mol. The van der Waals surface area contributed by atoms with Crippen LogP contribution in [0.15, 0.2) is 42.5 Å². The summed E-state index contributed by atoms with van der Waals surface area (Å²) in [6.45, 7) is 1.41. The Labute approximate surface area is 159 Å². The molecule has 0 bridgehead atoms. The molecule has 0 aliphatic carbocycles. The minimum atomic E-state index is -0.569. The first-order chi connectivity index (χ1) is 11.5. The van der Waals surface area contributed by atoms with E-state index in [9.17, 15) is 4.79 Å². The SMILES string of the molecule is COc1c(Cl)ccc(Cl)c1C(=O)OCCN(Br)Cc1ccccc1. The predicted octanol–water partition coefficient (Wildman–Crippen LogP) is 4.97. The molecule has 0 unspecified atom stereocenters. The average Bonchev–Trinajstić information content (AvgIpc) is 2.57. The number of carbonyl (C=O) groups excluding carboxylic acids is 1. The molecule has 0 amide bonds. The van der Waals surface area contributed by atoms with Crippen LogP contribution in [-0.2, 0) is 11.3 Å². The summed E-state index contributed by atoms with van der Waals surface area (Å²) in [4.78, 5) is 12.3. The third-order valence-corrected chi connectivity index (χ3v) is 4.45. The number of methoxy groups -OCH3 is 1. The first-order valence-corrected chi connectivity index (χ1v) is 8.63. The molecule has 2 rings (SSSR count). The second-order valence-electron chi connectivity index (χ2n) is 4.90. The quantitative estimate of drug-likeness (QED) is 0.457. The molecule has 2 aromatic rings. The number of ether oxygens (including phenoxy) is 2. The Balaban J connectivity index is 1.91. The van der Waals surface area contributed by atoms with E-state index in [1.165, 1.54) is 13.2 Å². The Kier molecular flexibility index (Phi) is 7.37. The predicted molar refractivity (Wildman–Crippen MR) is 99.1 cm³/mol. The Bertz CT molecular complexity index is 698. The number of benzene rings is 2. The maximum absolute atomic E-state index is 12.3. The Morgan fingerprint density at radius 2 is 1.79 bits per heavy atom. The molecule has 0 saturated carbocycles. The molecule has 0 spiro atoms. The highest BCUT2D eigenvalue weighted by atomic mass is 79.9. The lowest BCUT2D eigenvalue weighted by Gasteiger charge is -2.15. The summed E-state index contributed by atoms with van der Waals surface area (Å²) in [6.07, 6.45) is 0. The summed E-state index contributed by atoms with van der Waals surface area (Å²) >= 11 is 15.5. The summed E-state index contributed by atoms with van der Waals surface area (Å²) in [6, 6.07) is 13.1. The standard InChI is InChI=1S/C17H16BrCl2NO3/c1-23-16-14(20)8-7-13(19)15(16)17(22)24-10-9-21(18)11-12-5-3-2-4-6-12/h2-8H,9-11H2,1H3. The van der Waals surface area contributed by atoms with Crippen LogP contribution in [0, 0.1) is 0 Å². The van der Waals surface area contributed by atoms with E-state index in [0.717, 1.165) is 5.56 Å². The van der Waals surface area contributed by atoms with Crippen molar-refractivity contribution in [1.82, 2.24) is 3.93 Å². The highest BCUT2D eigenvalue weighted by molar-refractivity contribution is 9.07. The summed E-state index contributed by atoms with van der Waals surface area (Å²) in [5.41, 5.74) is 1.29. The molecule has 0 N–H and O–H groups in total. The van der Waals surface area contributed by atoms with Gasteiger partial charge in [-0.3, -0.25) is 0 Å². The van der Waals surface area contributed by atoms with Gasteiger partial charge in [-0.2, -0.15) is 0 Å². The van der Waals surface area contributed by atoms with Crippen LogP contribution in [-0.4, -0.2) is 30.2 Å². The number of esters is 1. The molecular formula is C17H16BrCl2NO3. The van der Waals surface area contributed by atoms with E-state index in [0.29, 0.717) is 18.1 Å². The van der Waals surface area contributed by atoms with Gasteiger partial charge in [0.05, 0.1) is 17.2 Å². The molecule has 2 aromatic carbocycles. The van der Waals surface area contributed by atoms with E-state index in [1.54, 1.807) is 6.07 Å². The van der Waals surface area contributed by atoms with Gasteiger partial charge in [-0.05, 0) is 17.7 Å². The summed E-state index contributed by atoms with van der Waals surface area (Å²) in [7, 11) is 1.42. The molecule has 24 heavy (non-hydrogen) atoms. The highest BCUT2D eigenvalue weighted by Crippen LogP contribution is 2.34. The van der Waals surface area contributed by atoms with Crippen molar-refractivity contribution in [3.05, 3.63) is 63.6 Å². The maximum Gasteiger partial charge on any atom is 0.343 e. The van der Waals surface area contributed by atoms with Crippen molar-refractivity contribution < 1.29 is 14.3 Å². The lowest BCUT2D eigenvalue weighted by atomic mass is 10.2. The molecule has 0 fully saturated rings. The van der Waals surface area contributed by atoms with Gasteiger partial charge in [0.1, 0.15) is 12.2 Å². The number of halogens is 3. The lowest BCUT2D eigenvalue weighted by molar-refractivity contribution is 0.0489. The van der Waals surface area contributed by atoms with Crippen LogP contribution in [0.4, 0.5) is 0 Å². The average molecular weight is 433 g/mol. The topological polar surface area (TPSA) is 38.8 Å². The summed E-state index contributed by atoms with van der Waals surface area (Å²) in [5.74, 6) is -0.353. The normalized spacial score (nSPS) is 10.7. The fourth-order valence-electron chi connectivity index (χ4n) is 2.09. The zero-order valence-corrected chi connectivity index (χ0v) is 16.1. The highest BCUT2D eigenvalue weighted by Gasteiger charge is 2.21. The number of rotatable bonds is 7. The third-order valence-electron chi connectivity index (χ3n) is 3.23. The van der Waals surface area contributed by atoms with Crippen molar-refractivity contribution in [2.75, 3.05) is 20.3 Å². The third kappa shape index (κ3) is 5.11. The van der Waals surface area contributed by atoms with E-state index in [2.05, 4.69) is 16.1 Å². The van der Waals surface area contributed by atoms with Crippen molar-refractivity contribution >= 4 is 45.3 Å². The largest absolute Gasteiger partial charge is 0.494 e. The van der Waals surface area contributed by atoms with Crippen LogP contribution < -0.4 is 4.74 Å². The Morgan fingerprint density at radius 3 is 2.46 bits per heavy atom. The summed E-state index contributed by atoms with van der Waals surface area (Å²) < 4.78 is 12.3. The lowest BCUT2D eigenvalue weighted by Crippen LogP contribution is -2.20. The van der Waals surface area contributed by atoms with E-state index in [1.807, 2.05) is 34.3 Å². The van der Waals surface area contributed by atoms with E-state index < -0.39 is 5.97 Å². The molecule has 0 atom stereocenters. The number of hydrogen-bond donors (Lipinski definition) is 0. The molecule has 0 aliphatic heterocycles. The first kappa shape index (κ1) is 19.1. The van der Waals surface area contributed by atoms with Gasteiger partial charge < -0.3 is 9.47 Å². The van der Waals surface area contributed by atoms with Gasteiger partial charge >= 0.3 is 5.97 Å². The second-order valence-corrected chi connectivity index (χ2v) is 6.72. The van der Waals surface area contributed by atoms with E-state index >= 15 is 0 Å².